The first-order valence-electron chi connectivity index (χ1n) is 3.67. The lowest BCUT2D eigenvalue weighted by Gasteiger charge is -1.88. The minimum Gasteiger partial charge on any atom is -0.460 e. The van der Waals surface area contributed by atoms with Crippen molar-refractivity contribution in [2.75, 3.05) is 0 Å². The molecular weight excluding hydrogens is 253 g/mol. The van der Waals surface area contributed by atoms with Gasteiger partial charge in [0.05, 0.1) is 6.54 Å². The Kier molecular flexibility index (Phi) is 3.36. The third-order valence-electron chi connectivity index (χ3n) is 1.73. The van der Waals surface area contributed by atoms with Gasteiger partial charge in [0.25, 0.3) is 0 Å². The second kappa shape index (κ2) is 4.13. The van der Waals surface area contributed by atoms with Gasteiger partial charge < -0.3 is 10.2 Å². The quantitative estimate of drug-likeness (QED) is 0.858. The maximum atomic E-state index is 5.45. The molecule has 2 N–H and O–H groups in total. The van der Waals surface area contributed by atoms with Crippen LogP contribution < -0.4 is 5.73 Å². The molecule has 0 saturated carbocycles. The summed E-state index contributed by atoms with van der Waals surface area (Å²) in [6, 6.07) is 7.89. The molecule has 0 aliphatic rings. The first kappa shape index (κ1) is 10.6. The summed E-state index contributed by atoms with van der Waals surface area (Å²) in [6.07, 6.45) is 0. The lowest BCUT2D eigenvalue weighted by atomic mass is 10.2. The van der Waals surface area contributed by atoms with E-state index >= 15 is 0 Å². The van der Waals surface area contributed by atoms with Crippen molar-refractivity contribution in [3.8, 4) is 0 Å². The first-order valence-corrected chi connectivity index (χ1v) is 4.47. The van der Waals surface area contributed by atoms with Crippen molar-refractivity contribution in [2.45, 2.75) is 6.54 Å². The van der Waals surface area contributed by atoms with Crippen molar-refractivity contribution in [3.05, 3.63) is 34.5 Å². The normalized spacial score (nSPS) is 10.0. The minimum atomic E-state index is 0. The fourth-order valence-electron chi connectivity index (χ4n) is 1.16. The van der Waals surface area contributed by atoms with Gasteiger partial charge in [-0.1, -0.05) is 15.9 Å². The van der Waals surface area contributed by atoms with Crippen molar-refractivity contribution in [1.29, 1.82) is 0 Å². The molecule has 1 aromatic carbocycles. The molecular formula is C9H9BrClNO. The van der Waals surface area contributed by atoms with Gasteiger partial charge in [-0.15, -0.1) is 12.4 Å². The summed E-state index contributed by atoms with van der Waals surface area (Å²) in [5, 5.41) is 1.10. The van der Waals surface area contributed by atoms with Crippen molar-refractivity contribution in [3.63, 3.8) is 0 Å². The van der Waals surface area contributed by atoms with Gasteiger partial charge in [0.2, 0.25) is 0 Å². The number of benzene rings is 1. The molecule has 0 bridgehead atoms. The highest BCUT2D eigenvalue weighted by molar-refractivity contribution is 9.10. The molecule has 0 spiro atoms. The largest absolute Gasteiger partial charge is 0.460 e. The number of rotatable bonds is 1. The molecule has 2 rings (SSSR count). The van der Waals surface area contributed by atoms with Crippen molar-refractivity contribution < 1.29 is 4.42 Å². The van der Waals surface area contributed by atoms with Gasteiger partial charge in [-0.2, -0.15) is 0 Å². The van der Waals surface area contributed by atoms with Gasteiger partial charge in [0.15, 0.2) is 0 Å². The Morgan fingerprint density at radius 3 is 2.77 bits per heavy atom. The SMILES string of the molecule is Cl.NCc1cc2ccc(Br)cc2o1. The summed E-state index contributed by atoms with van der Waals surface area (Å²) < 4.78 is 6.46. The lowest BCUT2D eigenvalue weighted by molar-refractivity contribution is 0.552. The molecule has 0 amide bonds. The maximum absolute atomic E-state index is 5.45. The summed E-state index contributed by atoms with van der Waals surface area (Å²) in [6.45, 7) is 0.451. The van der Waals surface area contributed by atoms with Crippen LogP contribution in [-0.4, -0.2) is 0 Å². The van der Waals surface area contributed by atoms with Crippen LogP contribution in [0.25, 0.3) is 11.0 Å². The van der Waals surface area contributed by atoms with Gasteiger partial charge in [-0.05, 0) is 24.3 Å². The molecule has 0 unspecified atom stereocenters. The van der Waals surface area contributed by atoms with Crippen LogP contribution in [0, 0.1) is 0 Å². The van der Waals surface area contributed by atoms with Crippen LogP contribution in [0.2, 0.25) is 0 Å². The number of halogens is 2. The standard InChI is InChI=1S/C9H8BrNO.ClH/c10-7-2-1-6-3-8(5-11)12-9(6)4-7;/h1-4H,5,11H2;1H. The zero-order valence-corrected chi connectivity index (χ0v) is 9.19. The molecule has 4 heteroatoms. The zero-order chi connectivity index (χ0) is 8.55. The molecule has 2 nitrogen and oxygen atoms in total. The molecule has 0 radical (unpaired) electrons. The van der Waals surface area contributed by atoms with Crippen molar-refractivity contribution >= 4 is 39.3 Å². The van der Waals surface area contributed by atoms with Crippen molar-refractivity contribution in [1.82, 2.24) is 0 Å². The summed E-state index contributed by atoms with van der Waals surface area (Å²) in [4.78, 5) is 0. The fourth-order valence-corrected chi connectivity index (χ4v) is 1.50. The highest BCUT2D eigenvalue weighted by atomic mass is 79.9. The maximum Gasteiger partial charge on any atom is 0.135 e. The second-order valence-electron chi connectivity index (χ2n) is 2.60. The Hall–Kier alpha value is -0.510. The van der Waals surface area contributed by atoms with Crippen LogP contribution in [-0.2, 0) is 6.54 Å². The van der Waals surface area contributed by atoms with E-state index in [0.29, 0.717) is 6.54 Å². The van der Waals surface area contributed by atoms with Crippen LogP contribution in [0.3, 0.4) is 0 Å². The van der Waals surface area contributed by atoms with E-state index in [2.05, 4.69) is 15.9 Å². The number of hydrogen-bond acceptors (Lipinski definition) is 2. The Balaban J connectivity index is 0.000000845. The van der Waals surface area contributed by atoms with Crippen LogP contribution in [0.15, 0.2) is 33.2 Å². The molecule has 2 aromatic rings. The Morgan fingerprint density at radius 1 is 1.31 bits per heavy atom. The number of fused-ring (bicyclic) bond motifs is 1. The molecule has 0 aliphatic carbocycles. The van der Waals surface area contributed by atoms with E-state index in [1.54, 1.807) is 0 Å². The van der Waals surface area contributed by atoms with E-state index in [0.717, 1.165) is 21.2 Å². The molecule has 0 fully saturated rings. The Morgan fingerprint density at radius 2 is 2.08 bits per heavy atom. The first-order chi connectivity index (χ1) is 5.79. The third-order valence-corrected chi connectivity index (χ3v) is 2.23. The molecule has 13 heavy (non-hydrogen) atoms. The van der Waals surface area contributed by atoms with Gasteiger partial charge in [-0.25, -0.2) is 0 Å². The van der Waals surface area contributed by atoms with Gasteiger partial charge in [-0.3, -0.25) is 0 Å². The molecule has 1 aromatic heterocycles. The van der Waals surface area contributed by atoms with E-state index in [1.807, 2.05) is 24.3 Å². The minimum absolute atomic E-state index is 0. The smallest absolute Gasteiger partial charge is 0.135 e. The predicted octanol–water partition coefficient (Wildman–Crippen LogP) is 3.08. The number of nitrogens with two attached hydrogens (primary N) is 1. The van der Waals surface area contributed by atoms with Crippen LogP contribution >= 0.6 is 28.3 Å². The summed E-state index contributed by atoms with van der Waals surface area (Å²) >= 11 is 3.37. The third kappa shape index (κ3) is 2.05. The van der Waals surface area contributed by atoms with Crippen molar-refractivity contribution in [2.24, 2.45) is 5.73 Å². The average molecular weight is 263 g/mol. The Bertz CT molecular complexity index is 413. The van der Waals surface area contributed by atoms with Gasteiger partial charge in [0.1, 0.15) is 11.3 Å². The highest BCUT2D eigenvalue weighted by Gasteiger charge is 2.01. The highest BCUT2D eigenvalue weighted by Crippen LogP contribution is 2.22. The number of hydrogen-bond donors (Lipinski definition) is 1. The lowest BCUT2D eigenvalue weighted by Crippen LogP contribution is -1.92. The topological polar surface area (TPSA) is 39.2 Å². The van der Waals surface area contributed by atoms with E-state index < -0.39 is 0 Å². The molecule has 70 valence electrons. The van der Waals surface area contributed by atoms with E-state index in [4.69, 9.17) is 10.2 Å². The average Bonchev–Trinajstić information content (AvgIpc) is 2.46. The number of furan rings is 1. The van der Waals surface area contributed by atoms with Crippen LogP contribution in [0.5, 0.6) is 0 Å². The molecule has 0 aliphatic heterocycles. The predicted molar refractivity (Wildman–Crippen MR) is 59.1 cm³/mol. The fraction of sp³-hybridized carbons (Fsp3) is 0.111. The van der Waals surface area contributed by atoms with E-state index in [1.165, 1.54) is 0 Å². The van der Waals surface area contributed by atoms with E-state index in [9.17, 15) is 0 Å². The summed E-state index contributed by atoms with van der Waals surface area (Å²) in [7, 11) is 0. The van der Waals surface area contributed by atoms with Crippen LogP contribution in [0.4, 0.5) is 0 Å². The Labute approximate surface area is 90.6 Å². The molecule has 0 saturated heterocycles. The van der Waals surface area contributed by atoms with Gasteiger partial charge >= 0.3 is 0 Å². The zero-order valence-electron chi connectivity index (χ0n) is 6.79. The van der Waals surface area contributed by atoms with E-state index in [-0.39, 0.29) is 12.4 Å². The monoisotopic (exact) mass is 261 g/mol. The summed E-state index contributed by atoms with van der Waals surface area (Å²) in [5.74, 6) is 0.822. The summed E-state index contributed by atoms with van der Waals surface area (Å²) in [5.41, 5.74) is 6.33. The second-order valence-corrected chi connectivity index (χ2v) is 3.51. The molecule has 0 atom stereocenters. The van der Waals surface area contributed by atoms with Crippen LogP contribution in [0.1, 0.15) is 5.76 Å². The van der Waals surface area contributed by atoms with Gasteiger partial charge in [0, 0.05) is 9.86 Å². The molecule has 1 heterocycles.